The maximum Gasteiger partial charge on any atom is 0.119 e. The van der Waals surface area contributed by atoms with Gasteiger partial charge in [0.2, 0.25) is 0 Å². The lowest BCUT2D eigenvalue weighted by atomic mass is 10.0. The first-order valence-corrected chi connectivity index (χ1v) is 9.54. The zero-order valence-electron chi connectivity index (χ0n) is 15.5. The van der Waals surface area contributed by atoms with Crippen LogP contribution >= 0.6 is 11.6 Å². The Hall–Kier alpha value is -2.82. The van der Waals surface area contributed by atoms with Crippen LogP contribution in [0.1, 0.15) is 5.56 Å². The van der Waals surface area contributed by atoms with E-state index in [1.165, 1.54) is 0 Å². The van der Waals surface area contributed by atoms with Crippen LogP contribution in [0.3, 0.4) is 0 Å². The summed E-state index contributed by atoms with van der Waals surface area (Å²) in [4.78, 5) is 4.75. The Morgan fingerprint density at radius 2 is 1.82 bits per heavy atom. The second kappa shape index (κ2) is 8.05. The van der Waals surface area contributed by atoms with E-state index in [1.807, 2.05) is 54.6 Å². The number of ether oxygens (including phenoxy) is 1. The van der Waals surface area contributed by atoms with Gasteiger partial charge in [-0.05, 0) is 48.4 Å². The van der Waals surface area contributed by atoms with Gasteiger partial charge in [0.15, 0.2) is 0 Å². The monoisotopic (exact) mass is 392 g/mol. The van der Waals surface area contributed by atoms with Crippen molar-refractivity contribution in [2.45, 2.75) is 12.5 Å². The number of halogens is 1. The van der Waals surface area contributed by atoms with Gasteiger partial charge >= 0.3 is 0 Å². The largest absolute Gasteiger partial charge is 0.497 e. The van der Waals surface area contributed by atoms with Crippen LogP contribution in [-0.4, -0.2) is 29.8 Å². The van der Waals surface area contributed by atoms with Crippen molar-refractivity contribution in [2.24, 2.45) is 0 Å². The number of aromatic nitrogens is 1. The van der Waals surface area contributed by atoms with Gasteiger partial charge in [0.25, 0.3) is 0 Å². The fourth-order valence-electron chi connectivity index (χ4n) is 3.44. The molecule has 0 saturated carbocycles. The summed E-state index contributed by atoms with van der Waals surface area (Å²) in [6.07, 6.45) is 0.709. The standard InChI is InChI=1S/C23H21ClN2O2/c1-28-18-8-10-21-20(13-18)23(19-9-7-16(24)12-22(19)26-21)25-17(14-27)11-15-5-3-2-4-6-15/h2-10,12-13,17,27H,11,14H2,1H3,(H,25,26)/t17-/m1/s1. The first kappa shape index (κ1) is 18.5. The van der Waals surface area contributed by atoms with Crippen molar-refractivity contribution >= 4 is 39.1 Å². The van der Waals surface area contributed by atoms with E-state index in [-0.39, 0.29) is 12.6 Å². The van der Waals surface area contributed by atoms with Crippen molar-refractivity contribution in [3.05, 3.63) is 77.3 Å². The summed E-state index contributed by atoms with van der Waals surface area (Å²) in [5.74, 6) is 0.759. The average Bonchev–Trinajstić information content (AvgIpc) is 2.73. The second-order valence-corrected chi connectivity index (χ2v) is 7.18. The fourth-order valence-corrected chi connectivity index (χ4v) is 3.61. The molecule has 1 heterocycles. The third-order valence-corrected chi connectivity index (χ3v) is 5.07. The summed E-state index contributed by atoms with van der Waals surface area (Å²) in [7, 11) is 1.65. The number of pyridine rings is 1. The number of methoxy groups -OCH3 is 1. The van der Waals surface area contributed by atoms with Crippen LogP contribution in [0.2, 0.25) is 5.02 Å². The molecule has 4 rings (SSSR count). The van der Waals surface area contributed by atoms with Gasteiger partial charge in [0.05, 0.1) is 36.5 Å². The van der Waals surface area contributed by atoms with Gasteiger partial charge in [-0.15, -0.1) is 0 Å². The Kier molecular flexibility index (Phi) is 5.33. The van der Waals surface area contributed by atoms with Crippen LogP contribution < -0.4 is 10.1 Å². The number of hydrogen-bond acceptors (Lipinski definition) is 4. The minimum atomic E-state index is -0.141. The van der Waals surface area contributed by atoms with Crippen molar-refractivity contribution in [2.75, 3.05) is 19.0 Å². The Balaban J connectivity index is 1.83. The molecular weight excluding hydrogens is 372 g/mol. The fraction of sp³-hybridized carbons (Fsp3) is 0.174. The normalized spacial score (nSPS) is 12.2. The molecule has 2 N–H and O–H groups in total. The van der Waals surface area contributed by atoms with Gasteiger partial charge in [-0.3, -0.25) is 0 Å². The summed E-state index contributed by atoms with van der Waals surface area (Å²) < 4.78 is 5.41. The van der Waals surface area contributed by atoms with Crippen molar-refractivity contribution in [3.8, 4) is 5.75 Å². The van der Waals surface area contributed by atoms with E-state index in [9.17, 15) is 5.11 Å². The molecule has 0 amide bonds. The number of aliphatic hydroxyl groups excluding tert-OH is 1. The summed E-state index contributed by atoms with van der Waals surface area (Å²) in [6, 6.07) is 21.5. The molecule has 0 fully saturated rings. The zero-order valence-corrected chi connectivity index (χ0v) is 16.3. The highest BCUT2D eigenvalue weighted by Gasteiger charge is 2.15. The molecule has 3 aromatic carbocycles. The number of aliphatic hydroxyl groups is 1. The van der Waals surface area contributed by atoms with Gasteiger partial charge in [0.1, 0.15) is 5.75 Å². The molecule has 0 aliphatic heterocycles. The molecule has 142 valence electrons. The molecule has 1 aromatic heterocycles. The zero-order chi connectivity index (χ0) is 19.5. The number of benzene rings is 3. The Labute approximate surface area is 168 Å². The van der Waals surface area contributed by atoms with Crippen molar-refractivity contribution in [1.82, 2.24) is 4.98 Å². The summed E-state index contributed by atoms with van der Waals surface area (Å²) in [5.41, 5.74) is 3.74. The van der Waals surface area contributed by atoms with E-state index in [4.69, 9.17) is 21.3 Å². The molecule has 0 aliphatic rings. The topological polar surface area (TPSA) is 54.4 Å². The van der Waals surface area contributed by atoms with Gasteiger partial charge in [-0.2, -0.15) is 0 Å². The van der Waals surface area contributed by atoms with E-state index >= 15 is 0 Å². The van der Waals surface area contributed by atoms with Gasteiger partial charge in [0, 0.05) is 15.8 Å². The van der Waals surface area contributed by atoms with E-state index < -0.39 is 0 Å². The van der Waals surface area contributed by atoms with Gasteiger partial charge < -0.3 is 15.2 Å². The van der Waals surface area contributed by atoms with Crippen molar-refractivity contribution in [3.63, 3.8) is 0 Å². The maximum atomic E-state index is 10.0. The molecule has 5 heteroatoms. The number of nitrogens with zero attached hydrogens (tertiary/aromatic N) is 1. The smallest absolute Gasteiger partial charge is 0.119 e. The van der Waals surface area contributed by atoms with Gasteiger partial charge in [-0.25, -0.2) is 4.98 Å². The lowest BCUT2D eigenvalue weighted by Crippen LogP contribution is -2.26. The number of anilines is 1. The minimum absolute atomic E-state index is 0.0117. The molecule has 0 spiro atoms. The number of nitrogens with one attached hydrogen (secondary N) is 1. The van der Waals surface area contributed by atoms with E-state index in [0.717, 1.165) is 38.8 Å². The Bertz CT molecular complexity index is 1120. The molecule has 0 bridgehead atoms. The third-order valence-electron chi connectivity index (χ3n) is 4.84. The lowest BCUT2D eigenvalue weighted by molar-refractivity contribution is 0.274. The van der Waals surface area contributed by atoms with E-state index in [0.29, 0.717) is 11.4 Å². The van der Waals surface area contributed by atoms with E-state index in [1.54, 1.807) is 7.11 Å². The molecule has 0 unspecified atom stereocenters. The Morgan fingerprint density at radius 3 is 2.57 bits per heavy atom. The molecule has 0 aliphatic carbocycles. The SMILES string of the molecule is COc1ccc2nc3cc(Cl)ccc3c(N[C@@H](CO)Cc3ccccc3)c2c1. The van der Waals surface area contributed by atoms with Crippen LogP contribution in [0.25, 0.3) is 21.8 Å². The quantitative estimate of drug-likeness (QED) is 0.450. The lowest BCUT2D eigenvalue weighted by Gasteiger charge is -2.21. The first-order valence-electron chi connectivity index (χ1n) is 9.16. The first-order chi connectivity index (χ1) is 13.7. The molecule has 28 heavy (non-hydrogen) atoms. The van der Waals surface area contributed by atoms with E-state index in [2.05, 4.69) is 17.4 Å². The van der Waals surface area contributed by atoms with Crippen LogP contribution in [0.5, 0.6) is 5.75 Å². The summed E-state index contributed by atoms with van der Waals surface area (Å²) in [6.45, 7) is 0.0117. The summed E-state index contributed by atoms with van der Waals surface area (Å²) >= 11 is 6.19. The molecule has 4 aromatic rings. The third kappa shape index (κ3) is 3.75. The number of fused-ring (bicyclic) bond motifs is 2. The van der Waals surface area contributed by atoms with Crippen LogP contribution in [0.15, 0.2) is 66.7 Å². The highest BCUT2D eigenvalue weighted by Crippen LogP contribution is 2.34. The molecular formula is C23H21ClN2O2. The summed E-state index contributed by atoms with van der Waals surface area (Å²) in [5, 5.41) is 16.1. The van der Waals surface area contributed by atoms with Crippen molar-refractivity contribution < 1.29 is 9.84 Å². The highest BCUT2D eigenvalue weighted by molar-refractivity contribution is 6.31. The predicted octanol–water partition coefficient (Wildman–Crippen LogP) is 5.07. The molecule has 0 saturated heterocycles. The minimum Gasteiger partial charge on any atom is -0.497 e. The van der Waals surface area contributed by atoms with Crippen LogP contribution in [0.4, 0.5) is 5.69 Å². The van der Waals surface area contributed by atoms with Crippen molar-refractivity contribution in [1.29, 1.82) is 0 Å². The predicted molar refractivity (Wildman–Crippen MR) is 115 cm³/mol. The van der Waals surface area contributed by atoms with Crippen LogP contribution in [-0.2, 0) is 6.42 Å². The number of hydrogen-bond donors (Lipinski definition) is 2. The van der Waals surface area contributed by atoms with Gasteiger partial charge in [-0.1, -0.05) is 41.9 Å². The molecule has 1 atom stereocenters. The van der Waals surface area contributed by atoms with Crippen LogP contribution in [0, 0.1) is 0 Å². The highest BCUT2D eigenvalue weighted by atomic mass is 35.5. The molecule has 0 radical (unpaired) electrons. The second-order valence-electron chi connectivity index (χ2n) is 6.74. The number of rotatable bonds is 6. The maximum absolute atomic E-state index is 10.0. The Morgan fingerprint density at radius 1 is 1.00 bits per heavy atom. The molecule has 4 nitrogen and oxygen atoms in total. The average molecular weight is 393 g/mol.